The highest BCUT2D eigenvalue weighted by atomic mass is 16.5. The number of rotatable bonds is 7. The number of amides is 2. The first-order valence-corrected chi connectivity index (χ1v) is 10.8. The lowest BCUT2D eigenvalue weighted by Gasteiger charge is -2.38. The predicted octanol–water partition coefficient (Wildman–Crippen LogP) is 2.30. The van der Waals surface area contributed by atoms with Crippen molar-refractivity contribution in [2.45, 2.75) is 19.4 Å². The summed E-state index contributed by atoms with van der Waals surface area (Å²) < 4.78 is 5.27. The van der Waals surface area contributed by atoms with Crippen molar-refractivity contribution in [2.24, 2.45) is 0 Å². The van der Waals surface area contributed by atoms with Gasteiger partial charge in [-0.1, -0.05) is 37.3 Å². The number of piperazine rings is 1. The van der Waals surface area contributed by atoms with E-state index in [1.807, 2.05) is 55.5 Å². The van der Waals surface area contributed by atoms with E-state index < -0.39 is 11.8 Å². The first-order valence-electron chi connectivity index (χ1n) is 10.8. The van der Waals surface area contributed by atoms with Crippen molar-refractivity contribution in [3.05, 3.63) is 59.7 Å². The highest BCUT2D eigenvalue weighted by Gasteiger charge is 2.25. The smallest absolute Gasteiger partial charge is 0.313 e. The van der Waals surface area contributed by atoms with Gasteiger partial charge in [0.2, 0.25) is 0 Å². The van der Waals surface area contributed by atoms with Crippen LogP contribution in [-0.4, -0.2) is 68.5 Å². The first kappa shape index (κ1) is 22.8. The van der Waals surface area contributed by atoms with Crippen LogP contribution >= 0.6 is 0 Å². The number of benzene rings is 2. The van der Waals surface area contributed by atoms with Crippen molar-refractivity contribution in [3.8, 4) is 5.75 Å². The van der Waals surface area contributed by atoms with Crippen LogP contribution in [-0.2, 0) is 16.0 Å². The van der Waals surface area contributed by atoms with Gasteiger partial charge < -0.3 is 20.3 Å². The molecular formula is C24H32N4O3. The molecule has 1 aliphatic rings. The molecule has 0 bridgehead atoms. The lowest BCUT2D eigenvalue weighted by Crippen LogP contribution is -2.49. The number of hydrogen-bond acceptors (Lipinski definition) is 5. The Labute approximate surface area is 184 Å². The van der Waals surface area contributed by atoms with E-state index in [1.165, 1.54) is 0 Å². The molecule has 2 aromatic carbocycles. The molecule has 1 heterocycles. The van der Waals surface area contributed by atoms with E-state index in [9.17, 15) is 9.59 Å². The van der Waals surface area contributed by atoms with Crippen molar-refractivity contribution >= 4 is 17.5 Å². The average molecular weight is 425 g/mol. The van der Waals surface area contributed by atoms with E-state index in [0.29, 0.717) is 12.2 Å². The summed E-state index contributed by atoms with van der Waals surface area (Å²) in [5, 5.41) is 5.58. The van der Waals surface area contributed by atoms with Crippen LogP contribution in [0.15, 0.2) is 48.5 Å². The minimum absolute atomic E-state index is 0.0146. The Kier molecular flexibility index (Phi) is 8.03. The largest absolute Gasteiger partial charge is 0.497 e. The Hall–Kier alpha value is -2.90. The molecule has 0 aliphatic carbocycles. The number of hydrogen-bond donors (Lipinski definition) is 2. The van der Waals surface area contributed by atoms with Crippen molar-refractivity contribution in [3.63, 3.8) is 0 Å². The maximum atomic E-state index is 12.5. The zero-order valence-electron chi connectivity index (χ0n) is 18.6. The van der Waals surface area contributed by atoms with Crippen LogP contribution in [0.2, 0.25) is 0 Å². The summed E-state index contributed by atoms with van der Waals surface area (Å²) in [6, 6.07) is 15.4. The van der Waals surface area contributed by atoms with Crippen LogP contribution in [0.25, 0.3) is 0 Å². The summed E-state index contributed by atoms with van der Waals surface area (Å²) in [6.45, 7) is 6.11. The molecule has 0 aromatic heterocycles. The fourth-order valence-electron chi connectivity index (χ4n) is 3.82. The standard InChI is InChI=1S/C24H32N4O3/c1-4-18-7-5-6-8-21(18)26-24(30)23(29)25-17-22(28-15-13-27(2)14-16-28)19-9-11-20(31-3)12-10-19/h5-12,22H,4,13-17H2,1-3H3,(H,25,29)(H,26,30)/t22-/m0/s1. The molecule has 7 nitrogen and oxygen atoms in total. The Balaban J connectivity index is 1.67. The molecule has 0 spiro atoms. The highest BCUT2D eigenvalue weighted by Crippen LogP contribution is 2.24. The van der Waals surface area contributed by atoms with Gasteiger partial charge in [0.05, 0.1) is 13.2 Å². The van der Waals surface area contributed by atoms with Crippen molar-refractivity contribution < 1.29 is 14.3 Å². The number of carbonyl (C=O) groups is 2. The number of methoxy groups -OCH3 is 1. The molecule has 7 heteroatoms. The minimum atomic E-state index is -0.646. The van der Waals surface area contributed by atoms with E-state index in [1.54, 1.807) is 7.11 Å². The summed E-state index contributed by atoms with van der Waals surface area (Å²) >= 11 is 0. The molecule has 2 amide bonds. The molecule has 2 N–H and O–H groups in total. The second-order valence-electron chi connectivity index (χ2n) is 7.80. The molecule has 0 unspecified atom stereocenters. The van der Waals surface area contributed by atoms with Crippen molar-refractivity contribution in [1.29, 1.82) is 0 Å². The van der Waals surface area contributed by atoms with Gasteiger partial charge in [0, 0.05) is 38.4 Å². The summed E-state index contributed by atoms with van der Waals surface area (Å²) in [4.78, 5) is 29.7. The average Bonchev–Trinajstić information content (AvgIpc) is 2.80. The molecule has 0 saturated carbocycles. The van der Waals surface area contributed by atoms with Crippen LogP contribution < -0.4 is 15.4 Å². The number of nitrogens with zero attached hydrogens (tertiary/aromatic N) is 2. The Morgan fingerprint density at radius 3 is 2.32 bits per heavy atom. The maximum Gasteiger partial charge on any atom is 0.313 e. The number of carbonyl (C=O) groups excluding carboxylic acids is 2. The monoisotopic (exact) mass is 424 g/mol. The fraction of sp³-hybridized carbons (Fsp3) is 0.417. The zero-order valence-corrected chi connectivity index (χ0v) is 18.6. The topological polar surface area (TPSA) is 73.9 Å². The second-order valence-corrected chi connectivity index (χ2v) is 7.80. The number of anilines is 1. The molecular weight excluding hydrogens is 392 g/mol. The van der Waals surface area contributed by atoms with Gasteiger partial charge in [0.1, 0.15) is 5.75 Å². The van der Waals surface area contributed by atoms with E-state index >= 15 is 0 Å². The summed E-state index contributed by atoms with van der Waals surface area (Å²) in [6.07, 6.45) is 0.779. The van der Waals surface area contributed by atoms with Gasteiger partial charge in [-0.15, -0.1) is 0 Å². The summed E-state index contributed by atoms with van der Waals surface area (Å²) in [7, 11) is 3.75. The highest BCUT2D eigenvalue weighted by molar-refractivity contribution is 6.39. The van der Waals surface area contributed by atoms with E-state index in [2.05, 4.69) is 27.5 Å². The number of aryl methyl sites for hydroxylation is 1. The lowest BCUT2D eigenvalue weighted by molar-refractivity contribution is -0.136. The molecule has 1 fully saturated rings. The van der Waals surface area contributed by atoms with E-state index in [4.69, 9.17) is 4.74 Å². The quantitative estimate of drug-likeness (QED) is 0.668. The second kappa shape index (κ2) is 10.9. The van der Waals surface area contributed by atoms with Gasteiger partial charge in [0.25, 0.3) is 0 Å². The molecule has 1 atom stereocenters. The van der Waals surface area contributed by atoms with E-state index in [0.717, 1.165) is 49.5 Å². The number of nitrogens with one attached hydrogen (secondary N) is 2. The van der Waals surface area contributed by atoms with Gasteiger partial charge in [-0.05, 0) is 42.8 Å². The third-order valence-electron chi connectivity index (χ3n) is 5.79. The molecule has 166 valence electrons. The SMILES string of the molecule is CCc1ccccc1NC(=O)C(=O)NC[C@@H](c1ccc(OC)cc1)N1CCN(C)CC1. The molecule has 31 heavy (non-hydrogen) atoms. The normalized spacial score (nSPS) is 15.8. The van der Waals surface area contributed by atoms with Gasteiger partial charge >= 0.3 is 11.8 Å². The Morgan fingerprint density at radius 2 is 1.68 bits per heavy atom. The minimum Gasteiger partial charge on any atom is -0.497 e. The number of para-hydroxylation sites is 1. The lowest BCUT2D eigenvalue weighted by atomic mass is 10.0. The van der Waals surface area contributed by atoms with Crippen molar-refractivity contribution in [2.75, 3.05) is 52.2 Å². The Bertz CT molecular complexity index is 877. The third kappa shape index (κ3) is 6.06. The molecule has 2 aromatic rings. The van der Waals surface area contributed by atoms with Gasteiger partial charge in [-0.2, -0.15) is 0 Å². The Morgan fingerprint density at radius 1 is 1.00 bits per heavy atom. The van der Waals surface area contributed by atoms with Gasteiger partial charge in [-0.3, -0.25) is 14.5 Å². The van der Waals surface area contributed by atoms with E-state index in [-0.39, 0.29) is 6.04 Å². The molecule has 0 radical (unpaired) electrons. The summed E-state index contributed by atoms with van der Waals surface area (Å²) in [5.74, 6) is -0.481. The van der Waals surface area contributed by atoms with Crippen LogP contribution in [0.5, 0.6) is 5.75 Å². The summed E-state index contributed by atoms with van der Waals surface area (Å²) in [5.41, 5.74) is 2.76. The first-order chi connectivity index (χ1) is 15.0. The molecule has 1 saturated heterocycles. The van der Waals surface area contributed by atoms with Crippen LogP contribution in [0.4, 0.5) is 5.69 Å². The number of ether oxygens (including phenoxy) is 1. The predicted molar refractivity (Wildman–Crippen MR) is 122 cm³/mol. The molecule has 1 aliphatic heterocycles. The van der Waals surface area contributed by atoms with Gasteiger partial charge in [-0.25, -0.2) is 0 Å². The molecule has 3 rings (SSSR count). The third-order valence-corrected chi connectivity index (χ3v) is 5.79. The van der Waals surface area contributed by atoms with Crippen molar-refractivity contribution in [1.82, 2.24) is 15.1 Å². The maximum absolute atomic E-state index is 12.5. The number of likely N-dealkylation sites (N-methyl/N-ethyl adjacent to an activating group) is 1. The van der Waals surface area contributed by atoms with Crippen LogP contribution in [0, 0.1) is 0 Å². The zero-order chi connectivity index (χ0) is 22.2. The fourth-order valence-corrected chi connectivity index (χ4v) is 3.82. The van der Waals surface area contributed by atoms with Crippen LogP contribution in [0.3, 0.4) is 0 Å². The van der Waals surface area contributed by atoms with Gasteiger partial charge in [0.15, 0.2) is 0 Å². The van der Waals surface area contributed by atoms with Crippen LogP contribution in [0.1, 0.15) is 24.1 Å².